The molecule has 0 saturated carbocycles. The molecule has 0 bridgehead atoms. The van der Waals surface area contributed by atoms with Gasteiger partial charge in [0.1, 0.15) is 0 Å². The Morgan fingerprint density at radius 1 is 1.00 bits per heavy atom. The fourth-order valence-corrected chi connectivity index (χ4v) is 7.24. The molecule has 1 aliphatic heterocycles. The maximum atomic E-state index is 13.1. The van der Waals surface area contributed by atoms with Crippen LogP contribution in [0.4, 0.5) is 5.13 Å². The molecule has 1 saturated heterocycles. The van der Waals surface area contributed by atoms with Gasteiger partial charge in [-0.2, -0.15) is 4.31 Å². The van der Waals surface area contributed by atoms with Crippen molar-refractivity contribution in [2.24, 2.45) is 0 Å². The Morgan fingerprint density at radius 3 is 2.23 bits per heavy atom. The molecule has 2 heterocycles. The lowest BCUT2D eigenvalue weighted by molar-refractivity contribution is 0.0746. The molecule has 7 nitrogen and oxygen atoms in total. The molecule has 0 spiro atoms. The Bertz CT molecular complexity index is 1290. The third-order valence-electron chi connectivity index (χ3n) is 6.33. The number of amides is 1. The molecule has 0 unspecified atom stereocenters. The second kappa shape index (κ2) is 10.6. The lowest BCUT2D eigenvalue weighted by atomic mass is 10.1. The number of carbonyl (C=O) groups excluding carboxylic acids is 1. The maximum absolute atomic E-state index is 13.1. The first-order valence-electron chi connectivity index (χ1n) is 12.3. The first-order chi connectivity index (χ1) is 16.7. The normalized spacial score (nSPS) is 14.8. The second-order valence-corrected chi connectivity index (χ2v) is 12.0. The van der Waals surface area contributed by atoms with E-state index in [0.717, 1.165) is 36.6 Å². The van der Waals surface area contributed by atoms with Gasteiger partial charge in [0.2, 0.25) is 10.0 Å². The van der Waals surface area contributed by atoms with Crippen molar-refractivity contribution in [3.63, 3.8) is 0 Å². The molecule has 188 valence electrons. The summed E-state index contributed by atoms with van der Waals surface area (Å²) in [6, 6.07) is 10.7. The number of anilines is 1. The van der Waals surface area contributed by atoms with Gasteiger partial charge in [-0.15, -0.1) is 0 Å². The number of rotatable bonds is 8. The standard InChI is InChI=1S/C26H34N4O3S2/c1-5-11-30(12-6-2)35(32,33)22-9-7-21(8-10-22)25(31)28-13-15-29(16-14-28)26-27-23-18-19(3)17-20(4)24(23)34-26/h7-10,17-18H,5-6,11-16H2,1-4H3. The van der Waals surface area contributed by atoms with Crippen molar-refractivity contribution in [3.05, 3.63) is 53.1 Å². The number of carbonyl (C=O) groups is 1. The number of aromatic nitrogens is 1. The zero-order chi connectivity index (χ0) is 25.2. The van der Waals surface area contributed by atoms with Crippen molar-refractivity contribution in [1.82, 2.24) is 14.2 Å². The number of fused-ring (bicyclic) bond motifs is 1. The van der Waals surface area contributed by atoms with Crippen LogP contribution >= 0.6 is 11.3 Å². The molecular formula is C26H34N4O3S2. The summed E-state index contributed by atoms with van der Waals surface area (Å²) in [5.41, 5.74) is 4.01. The van der Waals surface area contributed by atoms with E-state index < -0.39 is 10.0 Å². The lowest BCUT2D eigenvalue weighted by Gasteiger charge is -2.34. The van der Waals surface area contributed by atoms with Crippen LogP contribution in [0.25, 0.3) is 10.2 Å². The summed E-state index contributed by atoms with van der Waals surface area (Å²) in [7, 11) is -3.55. The van der Waals surface area contributed by atoms with E-state index in [-0.39, 0.29) is 10.8 Å². The molecule has 1 aliphatic rings. The van der Waals surface area contributed by atoms with E-state index in [1.165, 1.54) is 20.1 Å². The van der Waals surface area contributed by atoms with Crippen LogP contribution in [0.1, 0.15) is 48.2 Å². The third kappa shape index (κ3) is 5.37. The highest BCUT2D eigenvalue weighted by molar-refractivity contribution is 7.89. The van der Waals surface area contributed by atoms with Gasteiger partial charge in [-0.1, -0.05) is 31.3 Å². The lowest BCUT2D eigenvalue weighted by Crippen LogP contribution is -2.48. The summed E-state index contributed by atoms with van der Waals surface area (Å²) in [5, 5.41) is 0.999. The summed E-state index contributed by atoms with van der Waals surface area (Å²) in [6.07, 6.45) is 1.52. The predicted molar refractivity (Wildman–Crippen MR) is 143 cm³/mol. The van der Waals surface area contributed by atoms with Crippen molar-refractivity contribution in [1.29, 1.82) is 0 Å². The van der Waals surface area contributed by atoms with E-state index in [0.29, 0.717) is 31.7 Å². The van der Waals surface area contributed by atoms with E-state index in [9.17, 15) is 13.2 Å². The van der Waals surface area contributed by atoms with Crippen LogP contribution in [-0.4, -0.2) is 67.8 Å². The third-order valence-corrected chi connectivity index (χ3v) is 9.51. The molecule has 0 radical (unpaired) electrons. The number of aryl methyl sites for hydroxylation is 2. The molecule has 0 N–H and O–H groups in total. The van der Waals surface area contributed by atoms with E-state index in [1.54, 1.807) is 35.6 Å². The van der Waals surface area contributed by atoms with Crippen molar-refractivity contribution in [3.8, 4) is 0 Å². The number of sulfonamides is 1. The highest BCUT2D eigenvalue weighted by Crippen LogP contribution is 2.32. The van der Waals surface area contributed by atoms with E-state index >= 15 is 0 Å². The first-order valence-corrected chi connectivity index (χ1v) is 14.5. The zero-order valence-corrected chi connectivity index (χ0v) is 22.6. The average molecular weight is 515 g/mol. The van der Waals surface area contributed by atoms with Gasteiger partial charge in [0.15, 0.2) is 5.13 Å². The topological polar surface area (TPSA) is 73.8 Å². The molecule has 2 aromatic carbocycles. The summed E-state index contributed by atoms with van der Waals surface area (Å²) >= 11 is 1.71. The Balaban J connectivity index is 1.42. The molecule has 9 heteroatoms. The smallest absolute Gasteiger partial charge is 0.253 e. The fourth-order valence-electron chi connectivity index (χ4n) is 4.55. The van der Waals surface area contributed by atoms with Crippen molar-refractivity contribution in [2.45, 2.75) is 45.4 Å². The quantitative estimate of drug-likeness (QED) is 0.436. The Hall–Kier alpha value is -2.49. The minimum Gasteiger partial charge on any atom is -0.345 e. The SMILES string of the molecule is CCCN(CCC)S(=O)(=O)c1ccc(C(=O)N2CCN(c3nc4cc(C)cc(C)c4s3)CC2)cc1. The fraction of sp³-hybridized carbons (Fsp3) is 0.462. The largest absolute Gasteiger partial charge is 0.345 e. The summed E-state index contributed by atoms with van der Waals surface area (Å²) < 4.78 is 28.7. The molecular weight excluding hydrogens is 480 g/mol. The molecule has 3 aromatic rings. The van der Waals surface area contributed by atoms with Crippen molar-refractivity contribution in [2.75, 3.05) is 44.2 Å². The minimum atomic E-state index is -3.55. The van der Waals surface area contributed by atoms with Gasteiger partial charge in [-0.25, -0.2) is 13.4 Å². The van der Waals surface area contributed by atoms with Gasteiger partial charge >= 0.3 is 0 Å². The van der Waals surface area contributed by atoms with Crippen molar-refractivity contribution < 1.29 is 13.2 Å². The Labute approximate surface area is 212 Å². The maximum Gasteiger partial charge on any atom is 0.253 e. The van der Waals surface area contributed by atoms with E-state index in [4.69, 9.17) is 4.98 Å². The van der Waals surface area contributed by atoms with Gasteiger partial charge in [0.25, 0.3) is 5.91 Å². The van der Waals surface area contributed by atoms with Gasteiger partial charge in [0.05, 0.1) is 15.1 Å². The Morgan fingerprint density at radius 2 is 1.63 bits per heavy atom. The molecule has 1 aromatic heterocycles. The Kier molecular flexibility index (Phi) is 7.78. The molecule has 0 aliphatic carbocycles. The monoisotopic (exact) mass is 514 g/mol. The summed E-state index contributed by atoms with van der Waals surface area (Å²) in [4.78, 5) is 22.3. The molecule has 1 amide bonds. The van der Waals surface area contributed by atoms with Crippen LogP contribution in [0.15, 0.2) is 41.3 Å². The number of hydrogen-bond acceptors (Lipinski definition) is 6. The second-order valence-electron chi connectivity index (χ2n) is 9.13. The summed E-state index contributed by atoms with van der Waals surface area (Å²) in [5.74, 6) is -0.0664. The molecule has 1 fully saturated rings. The van der Waals surface area contributed by atoms with Gasteiger partial charge in [-0.05, 0) is 68.1 Å². The summed E-state index contributed by atoms with van der Waals surface area (Å²) in [6.45, 7) is 11.8. The zero-order valence-electron chi connectivity index (χ0n) is 21.0. The van der Waals surface area contributed by atoms with Crippen LogP contribution < -0.4 is 4.90 Å². The highest BCUT2D eigenvalue weighted by atomic mass is 32.2. The van der Waals surface area contributed by atoms with Crippen LogP contribution in [-0.2, 0) is 10.0 Å². The van der Waals surface area contributed by atoms with Crippen LogP contribution in [0.3, 0.4) is 0 Å². The minimum absolute atomic E-state index is 0.0664. The number of thiazole rings is 1. The molecule has 4 rings (SSSR count). The van der Waals surface area contributed by atoms with E-state index in [1.807, 2.05) is 18.7 Å². The number of piperazine rings is 1. The van der Waals surface area contributed by atoms with E-state index in [2.05, 4.69) is 30.9 Å². The molecule has 0 atom stereocenters. The number of nitrogens with zero attached hydrogens (tertiary/aromatic N) is 4. The van der Waals surface area contributed by atoms with Crippen LogP contribution in [0.5, 0.6) is 0 Å². The number of hydrogen-bond donors (Lipinski definition) is 0. The van der Waals surface area contributed by atoms with Gasteiger partial charge < -0.3 is 9.80 Å². The van der Waals surface area contributed by atoms with Crippen LogP contribution in [0, 0.1) is 13.8 Å². The van der Waals surface area contributed by atoms with Gasteiger partial charge in [-0.3, -0.25) is 4.79 Å². The first kappa shape index (κ1) is 25.6. The van der Waals surface area contributed by atoms with Crippen LogP contribution in [0.2, 0.25) is 0 Å². The van der Waals surface area contributed by atoms with Crippen molar-refractivity contribution >= 4 is 42.6 Å². The predicted octanol–water partition coefficient (Wildman–Crippen LogP) is 4.69. The number of benzene rings is 2. The average Bonchev–Trinajstić information content (AvgIpc) is 3.28. The highest BCUT2D eigenvalue weighted by Gasteiger charge is 2.26. The van der Waals surface area contributed by atoms with Gasteiger partial charge in [0, 0.05) is 44.8 Å². The molecule has 35 heavy (non-hydrogen) atoms.